The van der Waals surface area contributed by atoms with Crippen LogP contribution in [0.15, 0.2) is 48.5 Å². The maximum Gasteiger partial charge on any atom is 0.144 e. The van der Waals surface area contributed by atoms with E-state index in [1.54, 1.807) is 30.3 Å². The van der Waals surface area contributed by atoms with Gasteiger partial charge in [-0.2, -0.15) is 0 Å². The molecule has 2 aromatic rings. The Labute approximate surface area is 101 Å². The molecular formula is C13H12O3S. The first-order valence-electron chi connectivity index (χ1n) is 5.15. The van der Waals surface area contributed by atoms with Gasteiger partial charge in [-0.3, -0.25) is 0 Å². The summed E-state index contributed by atoms with van der Waals surface area (Å²) in [6.45, 7) is 0. The van der Waals surface area contributed by atoms with Crippen molar-refractivity contribution in [2.45, 2.75) is 5.75 Å². The second-order valence-electron chi connectivity index (χ2n) is 3.74. The Morgan fingerprint density at radius 2 is 1.65 bits per heavy atom. The van der Waals surface area contributed by atoms with E-state index in [0.717, 1.165) is 16.7 Å². The van der Waals surface area contributed by atoms with Crippen LogP contribution >= 0.6 is 0 Å². The summed E-state index contributed by atoms with van der Waals surface area (Å²) in [5, 5.41) is 9.20. The van der Waals surface area contributed by atoms with Gasteiger partial charge in [0.15, 0.2) is 0 Å². The van der Waals surface area contributed by atoms with Gasteiger partial charge in [-0.15, -0.1) is 0 Å². The van der Waals surface area contributed by atoms with Gasteiger partial charge in [0, 0.05) is 0 Å². The molecule has 0 saturated carbocycles. The first kappa shape index (κ1) is 11.7. The highest BCUT2D eigenvalue weighted by atomic mass is 32.2. The summed E-state index contributed by atoms with van der Waals surface area (Å²) in [6.07, 6.45) is 0. The first-order valence-corrected chi connectivity index (χ1v) is 6.51. The maximum absolute atomic E-state index is 10.7. The monoisotopic (exact) mass is 248 g/mol. The SMILES string of the molecule is O=[SH](=O)Cc1cccc(-c2ccc(O)cc2)c1. The quantitative estimate of drug-likeness (QED) is 0.818. The average Bonchev–Trinajstić information content (AvgIpc) is 2.29. The third-order valence-electron chi connectivity index (χ3n) is 2.44. The molecule has 0 fully saturated rings. The van der Waals surface area contributed by atoms with Gasteiger partial charge >= 0.3 is 0 Å². The third kappa shape index (κ3) is 3.07. The van der Waals surface area contributed by atoms with Crippen molar-refractivity contribution in [2.24, 2.45) is 0 Å². The minimum Gasteiger partial charge on any atom is -0.508 e. The summed E-state index contributed by atoms with van der Waals surface area (Å²) in [4.78, 5) is 0. The molecule has 4 heteroatoms. The van der Waals surface area contributed by atoms with Gasteiger partial charge in [0.05, 0.1) is 5.75 Å². The molecule has 0 aliphatic rings. The molecule has 17 heavy (non-hydrogen) atoms. The summed E-state index contributed by atoms with van der Waals surface area (Å²) in [6, 6.07) is 14.2. The Hall–Kier alpha value is -1.81. The van der Waals surface area contributed by atoms with E-state index < -0.39 is 10.7 Å². The first-order chi connectivity index (χ1) is 8.15. The zero-order valence-corrected chi connectivity index (χ0v) is 9.93. The molecule has 2 rings (SSSR count). The van der Waals surface area contributed by atoms with E-state index in [0.29, 0.717) is 0 Å². The van der Waals surface area contributed by atoms with Crippen molar-refractivity contribution >= 4 is 10.7 Å². The third-order valence-corrected chi connectivity index (χ3v) is 3.06. The lowest BCUT2D eigenvalue weighted by atomic mass is 10.0. The summed E-state index contributed by atoms with van der Waals surface area (Å²) in [7, 11) is -2.40. The smallest absolute Gasteiger partial charge is 0.144 e. The van der Waals surface area contributed by atoms with E-state index in [2.05, 4.69) is 0 Å². The second-order valence-corrected chi connectivity index (χ2v) is 4.72. The zero-order chi connectivity index (χ0) is 12.3. The Balaban J connectivity index is 2.35. The molecule has 0 saturated heterocycles. The summed E-state index contributed by atoms with van der Waals surface area (Å²) in [5.41, 5.74) is 2.66. The van der Waals surface area contributed by atoms with E-state index in [1.165, 1.54) is 0 Å². The van der Waals surface area contributed by atoms with Crippen LogP contribution in [0.3, 0.4) is 0 Å². The average molecular weight is 248 g/mol. The van der Waals surface area contributed by atoms with Crippen LogP contribution in [0.2, 0.25) is 0 Å². The number of hydrogen-bond acceptors (Lipinski definition) is 3. The molecule has 0 amide bonds. The molecule has 88 valence electrons. The number of phenolic OH excluding ortho intramolecular Hbond substituents is 1. The van der Waals surface area contributed by atoms with E-state index in [1.807, 2.05) is 18.2 Å². The number of phenols is 1. The van der Waals surface area contributed by atoms with Gasteiger partial charge < -0.3 is 5.11 Å². The topological polar surface area (TPSA) is 54.4 Å². The minimum atomic E-state index is -2.40. The van der Waals surface area contributed by atoms with Crippen molar-refractivity contribution < 1.29 is 13.5 Å². The van der Waals surface area contributed by atoms with E-state index in [9.17, 15) is 13.5 Å². The van der Waals surface area contributed by atoms with E-state index in [4.69, 9.17) is 0 Å². The molecule has 0 radical (unpaired) electrons. The van der Waals surface area contributed by atoms with Crippen LogP contribution in [0.25, 0.3) is 11.1 Å². The Bertz CT molecular complexity index is 578. The summed E-state index contributed by atoms with van der Waals surface area (Å²) >= 11 is 0. The highest BCUT2D eigenvalue weighted by Crippen LogP contribution is 2.22. The van der Waals surface area contributed by atoms with Crippen molar-refractivity contribution in [1.29, 1.82) is 0 Å². The fraction of sp³-hybridized carbons (Fsp3) is 0.0769. The van der Waals surface area contributed by atoms with Gasteiger partial charge in [-0.1, -0.05) is 36.4 Å². The van der Waals surface area contributed by atoms with Crippen molar-refractivity contribution in [3.05, 3.63) is 54.1 Å². The van der Waals surface area contributed by atoms with Gasteiger partial charge in [-0.05, 0) is 28.8 Å². The van der Waals surface area contributed by atoms with Crippen molar-refractivity contribution in [2.75, 3.05) is 0 Å². The van der Waals surface area contributed by atoms with Gasteiger partial charge in [0.1, 0.15) is 16.5 Å². The van der Waals surface area contributed by atoms with Crippen LogP contribution in [0.5, 0.6) is 5.75 Å². The van der Waals surface area contributed by atoms with Crippen molar-refractivity contribution in [3.8, 4) is 16.9 Å². The number of rotatable bonds is 3. The predicted octanol–water partition coefficient (Wildman–Crippen LogP) is 2.17. The predicted molar refractivity (Wildman–Crippen MR) is 67.6 cm³/mol. The summed E-state index contributed by atoms with van der Waals surface area (Å²) in [5.74, 6) is 0.272. The fourth-order valence-electron chi connectivity index (χ4n) is 1.65. The highest BCUT2D eigenvalue weighted by molar-refractivity contribution is 7.71. The molecule has 0 spiro atoms. The maximum atomic E-state index is 10.7. The molecule has 0 atom stereocenters. The van der Waals surface area contributed by atoms with E-state index in [-0.39, 0.29) is 11.5 Å². The van der Waals surface area contributed by atoms with Gasteiger partial charge in [0.25, 0.3) is 0 Å². The lowest BCUT2D eigenvalue weighted by Gasteiger charge is -2.03. The minimum absolute atomic E-state index is 0.0568. The fourth-order valence-corrected chi connectivity index (χ4v) is 2.15. The largest absolute Gasteiger partial charge is 0.508 e. The van der Waals surface area contributed by atoms with Gasteiger partial charge in [0.2, 0.25) is 0 Å². The zero-order valence-electron chi connectivity index (χ0n) is 9.04. The molecule has 0 aliphatic carbocycles. The lowest BCUT2D eigenvalue weighted by molar-refractivity contribution is 0.475. The number of benzene rings is 2. The molecule has 3 nitrogen and oxygen atoms in total. The van der Waals surface area contributed by atoms with Crippen LogP contribution in [-0.2, 0) is 16.5 Å². The molecule has 1 N–H and O–H groups in total. The number of thiol groups is 1. The van der Waals surface area contributed by atoms with Crippen LogP contribution in [0, 0.1) is 0 Å². The highest BCUT2D eigenvalue weighted by Gasteiger charge is 2.00. The normalized spacial score (nSPS) is 10.6. The van der Waals surface area contributed by atoms with Crippen LogP contribution in [0.1, 0.15) is 5.56 Å². The number of aromatic hydroxyl groups is 1. The number of hydrogen-bond donors (Lipinski definition) is 2. The van der Waals surface area contributed by atoms with Crippen LogP contribution in [0.4, 0.5) is 0 Å². The van der Waals surface area contributed by atoms with Crippen molar-refractivity contribution in [3.63, 3.8) is 0 Å². The molecule has 2 aromatic carbocycles. The Morgan fingerprint density at radius 1 is 0.941 bits per heavy atom. The Kier molecular flexibility index (Phi) is 3.44. The van der Waals surface area contributed by atoms with Crippen LogP contribution in [-0.4, -0.2) is 13.5 Å². The lowest BCUT2D eigenvalue weighted by Crippen LogP contribution is -1.87. The standard InChI is InChI=1S/C13H12O3S/c14-13-6-4-11(5-7-13)12-3-1-2-10(8-12)9-17(15)16/h1-8,14,17H,9H2. The molecule has 0 aliphatic heterocycles. The molecule has 0 heterocycles. The van der Waals surface area contributed by atoms with Crippen molar-refractivity contribution in [1.82, 2.24) is 0 Å². The second kappa shape index (κ2) is 5.01. The molecule has 0 bridgehead atoms. The van der Waals surface area contributed by atoms with Gasteiger partial charge in [-0.25, -0.2) is 8.42 Å². The molecule has 0 aromatic heterocycles. The summed E-state index contributed by atoms with van der Waals surface area (Å²) < 4.78 is 21.3. The molecular weight excluding hydrogens is 236 g/mol. The Morgan fingerprint density at radius 3 is 2.29 bits per heavy atom. The molecule has 0 unspecified atom stereocenters. The van der Waals surface area contributed by atoms with E-state index >= 15 is 0 Å². The van der Waals surface area contributed by atoms with Crippen LogP contribution < -0.4 is 0 Å².